The number of likely N-dealkylation sites (tertiary alicyclic amines) is 1. The van der Waals surface area contributed by atoms with Gasteiger partial charge in [-0.05, 0) is 65.2 Å². The van der Waals surface area contributed by atoms with Crippen LogP contribution in [0.25, 0.3) is 0 Å². The second kappa shape index (κ2) is 6.88. The summed E-state index contributed by atoms with van der Waals surface area (Å²) < 4.78 is 0. The summed E-state index contributed by atoms with van der Waals surface area (Å²) in [5.41, 5.74) is 0. The lowest BCUT2D eigenvalue weighted by Gasteiger charge is -2.32. The van der Waals surface area contributed by atoms with E-state index in [2.05, 4.69) is 23.9 Å². The van der Waals surface area contributed by atoms with Crippen LogP contribution in [0.15, 0.2) is 0 Å². The topological polar surface area (TPSA) is 26.7 Å². The average molecular weight is 254 g/mol. The van der Waals surface area contributed by atoms with Crippen LogP contribution in [0.2, 0.25) is 0 Å². The summed E-state index contributed by atoms with van der Waals surface area (Å²) in [5.74, 6) is 0.519. The van der Waals surface area contributed by atoms with Crippen LogP contribution < -0.4 is 0 Å². The first-order valence-electron chi connectivity index (χ1n) is 7.73. The summed E-state index contributed by atoms with van der Waals surface area (Å²) in [6.45, 7) is 3.53. The molecule has 1 N–H and O–H groups in total. The van der Waals surface area contributed by atoms with E-state index in [1.54, 1.807) is 0 Å². The van der Waals surface area contributed by atoms with Gasteiger partial charge in [-0.3, -0.25) is 0 Å². The first-order valence-corrected chi connectivity index (χ1v) is 7.73. The van der Waals surface area contributed by atoms with Gasteiger partial charge in [-0.2, -0.15) is 0 Å². The van der Waals surface area contributed by atoms with Gasteiger partial charge in [-0.15, -0.1) is 0 Å². The Kier molecular flexibility index (Phi) is 5.46. The highest BCUT2D eigenvalue weighted by atomic mass is 16.3. The fourth-order valence-corrected chi connectivity index (χ4v) is 3.61. The molecule has 0 aromatic rings. The molecule has 2 rings (SSSR count). The summed E-state index contributed by atoms with van der Waals surface area (Å²) in [4.78, 5) is 4.94. The Hall–Kier alpha value is -0.120. The van der Waals surface area contributed by atoms with Crippen LogP contribution in [-0.2, 0) is 0 Å². The molecule has 1 aliphatic carbocycles. The minimum absolute atomic E-state index is 0.0460. The van der Waals surface area contributed by atoms with Crippen molar-refractivity contribution in [1.29, 1.82) is 0 Å². The Balaban J connectivity index is 1.66. The van der Waals surface area contributed by atoms with Crippen LogP contribution in [-0.4, -0.2) is 60.8 Å². The SMILES string of the molecule is CN(CCC1CCCN1C)CC1CCCCC1O. The molecule has 2 aliphatic rings. The summed E-state index contributed by atoms with van der Waals surface area (Å²) >= 11 is 0. The molecule has 0 aromatic heterocycles. The summed E-state index contributed by atoms with van der Waals surface area (Å²) in [6, 6.07) is 0.795. The van der Waals surface area contributed by atoms with E-state index in [-0.39, 0.29) is 6.10 Å². The quantitative estimate of drug-likeness (QED) is 0.812. The van der Waals surface area contributed by atoms with Gasteiger partial charge in [0.25, 0.3) is 0 Å². The van der Waals surface area contributed by atoms with Gasteiger partial charge < -0.3 is 14.9 Å². The zero-order valence-corrected chi connectivity index (χ0v) is 12.1. The molecule has 1 saturated carbocycles. The molecule has 3 heteroatoms. The number of aliphatic hydroxyl groups excluding tert-OH is 1. The molecule has 0 radical (unpaired) electrons. The number of aliphatic hydroxyl groups is 1. The lowest BCUT2D eigenvalue weighted by Crippen LogP contribution is -2.37. The van der Waals surface area contributed by atoms with Gasteiger partial charge in [0.15, 0.2) is 0 Å². The molecular formula is C15H30N2O. The lowest BCUT2D eigenvalue weighted by atomic mass is 9.86. The molecule has 3 unspecified atom stereocenters. The highest BCUT2D eigenvalue weighted by Gasteiger charge is 2.25. The molecule has 0 aromatic carbocycles. The molecule has 0 spiro atoms. The van der Waals surface area contributed by atoms with Crippen molar-refractivity contribution in [2.75, 3.05) is 33.7 Å². The second-order valence-electron chi connectivity index (χ2n) is 6.44. The lowest BCUT2D eigenvalue weighted by molar-refractivity contribution is 0.0503. The minimum atomic E-state index is -0.0460. The van der Waals surface area contributed by atoms with Crippen LogP contribution in [0.1, 0.15) is 44.9 Å². The van der Waals surface area contributed by atoms with E-state index in [0.29, 0.717) is 5.92 Å². The Bertz CT molecular complexity index is 247. The maximum atomic E-state index is 10.0. The maximum Gasteiger partial charge on any atom is 0.0580 e. The molecule has 106 valence electrons. The van der Waals surface area contributed by atoms with E-state index >= 15 is 0 Å². The highest BCUT2D eigenvalue weighted by Crippen LogP contribution is 2.25. The normalized spacial score (nSPS) is 34.3. The number of hydrogen-bond acceptors (Lipinski definition) is 3. The van der Waals surface area contributed by atoms with Crippen molar-refractivity contribution in [3.05, 3.63) is 0 Å². The van der Waals surface area contributed by atoms with Crippen LogP contribution in [0.3, 0.4) is 0 Å². The zero-order chi connectivity index (χ0) is 13.0. The van der Waals surface area contributed by atoms with Crippen LogP contribution in [0.5, 0.6) is 0 Å². The van der Waals surface area contributed by atoms with Gasteiger partial charge in [0.1, 0.15) is 0 Å². The third-order valence-corrected chi connectivity index (χ3v) is 4.93. The molecule has 2 fully saturated rings. The molecule has 18 heavy (non-hydrogen) atoms. The molecule has 1 heterocycles. The molecule has 0 amide bonds. The zero-order valence-electron chi connectivity index (χ0n) is 12.1. The molecular weight excluding hydrogens is 224 g/mol. The van der Waals surface area contributed by atoms with E-state index < -0.39 is 0 Å². The summed E-state index contributed by atoms with van der Waals surface area (Å²) in [5, 5.41) is 10.0. The van der Waals surface area contributed by atoms with Crippen LogP contribution in [0.4, 0.5) is 0 Å². The van der Waals surface area contributed by atoms with Crippen molar-refractivity contribution in [2.45, 2.75) is 57.1 Å². The van der Waals surface area contributed by atoms with Crippen LogP contribution >= 0.6 is 0 Å². The third kappa shape index (κ3) is 3.94. The predicted octanol–water partition coefficient (Wildman–Crippen LogP) is 1.95. The highest BCUT2D eigenvalue weighted by molar-refractivity contribution is 4.79. The van der Waals surface area contributed by atoms with Crippen molar-refractivity contribution < 1.29 is 5.11 Å². The van der Waals surface area contributed by atoms with Crippen molar-refractivity contribution in [3.8, 4) is 0 Å². The third-order valence-electron chi connectivity index (χ3n) is 4.93. The van der Waals surface area contributed by atoms with E-state index in [0.717, 1.165) is 19.0 Å². The fraction of sp³-hybridized carbons (Fsp3) is 1.00. The van der Waals surface area contributed by atoms with Gasteiger partial charge in [-0.25, -0.2) is 0 Å². The van der Waals surface area contributed by atoms with Crippen molar-refractivity contribution in [2.24, 2.45) is 5.92 Å². The first kappa shape index (κ1) is 14.3. The van der Waals surface area contributed by atoms with E-state index in [1.807, 2.05) is 0 Å². The molecule has 3 nitrogen and oxygen atoms in total. The maximum absolute atomic E-state index is 10.0. The van der Waals surface area contributed by atoms with Gasteiger partial charge in [0, 0.05) is 12.6 Å². The van der Waals surface area contributed by atoms with Crippen molar-refractivity contribution in [1.82, 2.24) is 9.80 Å². The Morgan fingerprint density at radius 3 is 2.61 bits per heavy atom. The standard InChI is InChI=1S/C15H30N2O/c1-16(11-9-14-7-5-10-17(14)2)12-13-6-3-4-8-15(13)18/h13-15,18H,3-12H2,1-2H3. The number of rotatable bonds is 5. The van der Waals surface area contributed by atoms with Gasteiger partial charge in [0.2, 0.25) is 0 Å². The largest absolute Gasteiger partial charge is 0.393 e. The van der Waals surface area contributed by atoms with E-state index in [4.69, 9.17) is 0 Å². The van der Waals surface area contributed by atoms with E-state index in [1.165, 1.54) is 51.6 Å². The fourth-order valence-electron chi connectivity index (χ4n) is 3.61. The van der Waals surface area contributed by atoms with Gasteiger partial charge in [-0.1, -0.05) is 12.8 Å². The Labute approximate surface area is 112 Å². The molecule has 1 aliphatic heterocycles. The Morgan fingerprint density at radius 1 is 1.17 bits per heavy atom. The molecule has 1 saturated heterocycles. The molecule has 0 bridgehead atoms. The number of nitrogens with zero attached hydrogens (tertiary/aromatic N) is 2. The van der Waals surface area contributed by atoms with Gasteiger partial charge in [0.05, 0.1) is 6.10 Å². The summed E-state index contributed by atoms with van der Waals surface area (Å²) in [6.07, 6.45) is 8.74. The minimum Gasteiger partial charge on any atom is -0.393 e. The predicted molar refractivity (Wildman–Crippen MR) is 75.7 cm³/mol. The van der Waals surface area contributed by atoms with Crippen molar-refractivity contribution in [3.63, 3.8) is 0 Å². The second-order valence-corrected chi connectivity index (χ2v) is 6.44. The smallest absolute Gasteiger partial charge is 0.0580 e. The summed E-state index contributed by atoms with van der Waals surface area (Å²) in [7, 11) is 4.47. The van der Waals surface area contributed by atoms with E-state index in [9.17, 15) is 5.11 Å². The van der Waals surface area contributed by atoms with Crippen molar-refractivity contribution >= 4 is 0 Å². The Morgan fingerprint density at radius 2 is 1.94 bits per heavy atom. The molecule has 3 atom stereocenters. The monoisotopic (exact) mass is 254 g/mol. The number of hydrogen-bond donors (Lipinski definition) is 1. The first-order chi connectivity index (χ1) is 8.66. The average Bonchev–Trinajstić information content (AvgIpc) is 2.75. The van der Waals surface area contributed by atoms with Crippen LogP contribution in [0, 0.1) is 5.92 Å². The van der Waals surface area contributed by atoms with Gasteiger partial charge >= 0.3 is 0 Å².